The third-order valence-electron chi connectivity index (χ3n) is 2.58. The number of hydrogen-bond acceptors (Lipinski definition) is 2. The van der Waals surface area contributed by atoms with Crippen molar-refractivity contribution < 1.29 is 0 Å². The SMILES string of the molecule is CC(C)Cc1nc(-c2ccc(I)cc2)nc(Cl)c1Br. The molecule has 5 heteroatoms. The van der Waals surface area contributed by atoms with Gasteiger partial charge in [0.05, 0.1) is 10.2 Å². The summed E-state index contributed by atoms with van der Waals surface area (Å²) in [6.07, 6.45) is 0.875. The predicted molar refractivity (Wildman–Crippen MR) is 91.4 cm³/mol. The molecule has 0 aliphatic carbocycles. The van der Waals surface area contributed by atoms with E-state index in [1.807, 2.05) is 24.3 Å². The smallest absolute Gasteiger partial charge is 0.161 e. The Morgan fingerprint density at radius 1 is 1.21 bits per heavy atom. The molecular weight excluding hydrogens is 438 g/mol. The molecule has 0 fully saturated rings. The van der Waals surface area contributed by atoms with E-state index in [1.54, 1.807) is 0 Å². The number of rotatable bonds is 3. The molecule has 2 rings (SSSR count). The van der Waals surface area contributed by atoms with Gasteiger partial charge in [-0.05, 0) is 63.0 Å². The number of aromatic nitrogens is 2. The summed E-state index contributed by atoms with van der Waals surface area (Å²) in [6, 6.07) is 8.11. The minimum atomic E-state index is 0.471. The van der Waals surface area contributed by atoms with Crippen molar-refractivity contribution in [2.45, 2.75) is 20.3 Å². The summed E-state index contributed by atoms with van der Waals surface area (Å²) in [5, 5.41) is 0.471. The molecule has 0 spiro atoms. The summed E-state index contributed by atoms with van der Waals surface area (Å²) in [5.41, 5.74) is 1.95. The molecule has 0 aliphatic rings. The minimum Gasteiger partial charge on any atom is -0.232 e. The number of halogens is 3. The summed E-state index contributed by atoms with van der Waals surface area (Å²) < 4.78 is 1.99. The van der Waals surface area contributed by atoms with E-state index in [1.165, 1.54) is 3.57 Å². The lowest BCUT2D eigenvalue weighted by molar-refractivity contribution is 0.632. The van der Waals surface area contributed by atoms with Crippen LogP contribution in [-0.2, 0) is 6.42 Å². The van der Waals surface area contributed by atoms with Crippen molar-refractivity contribution in [3.63, 3.8) is 0 Å². The zero-order valence-electron chi connectivity index (χ0n) is 10.6. The average Bonchev–Trinajstić information content (AvgIpc) is 2.35. The van der Waals surface area contributed by atoms with Gasteiger partial charge >= 0.3 is 0 Å². The molecule has 0 unspecified atom stereocenters. The number of hydrogen-bond donors (Lipinski definition) is 0. The Hall–Kier alpha value is -0.200. The molecule has 0 aliphatic heterocycles. The molecule has 1 heterocycles. The second-order valence-corrected chi connectivity index (χ2v) is 7.10. The monoisotopic (exact) mass is 450 g/mol. The fourth-order valence-electron chi connectivity index (χ4n) is 1.71. The molecule has 0 bridgehead atoms. The van der Waals surface area contributed by atoms with E-state index in [0.717, 1.165) is 22.2 Å². The topological polar surface area (TPSA) is 25.8 Å². The van der Waals surface area contributed by atoms with Gasteiger partial charge in [0.1, 0.15) is 5.15 Å². The van der Waals surface area contributed by atoms with Crippen LogP contribution in [0.1, 0.15) is 19.5 Å². The summed E-state index contributed by atoms with van der Waals surface area (Å²) in [6.45, 7) is 4.32. The van der Waals surface area contributed by atoms with Crippen molar-refractivity contribution >= 4 is 50.1 Å². The van der Waals surface area contributed by atoms with Gasteiger partial charge in [-0.15, -0.1) is 0 Å². The van der Waals surface area contributed by atoms with Gasteiger partial charge in [0, 0.05) is 9.13 Å². The van der Waals surface area contributed by atoms with Crippen LogP contribution in [0, 0.1) is 9.49 Å². The van der Waals surface area contributed by atoms with Crippen LogP contribution < -0.4 is 0 Å². The van der Waals surface area contributed by atoms with Gasteiger partial charge in [-0.3, -0.25) is 0 Å². The molecule has 0 saturated heterocycles. The summed E-state index contributed by atoms with van der Waals surface area (Å²) in [7, 11) is 0. The second-order valence-electron chi connectivity index (χ2n) is 4.70. The van der Waals surface area contributed by atoms with E-state index in [-0.39, 0.29) is 0 Å². The summed E-state index contributed by atoms with van der Waals surface area (Å²) >= 11 is 11.9. The Morgan fingerprint density at radius 3 is 2.42 bits per heavy atom. The molecule has 0 atom stereocenters. The Balaban J connectivity index is 2.46. The molecule has 1 aromatic heterocycles. The molecule has 100 valence electrons. The molecule has 0 amide bonds. The van der Waals surface area contributed by atoms with E-state index in [4.69, 9.17) is 11.6 Å². The van der Waals surface area contributed by atoms with Gasteiger partial charge in [0.25, 0.3) is 0 Å². The lowest BCUT2D eigenvalue weighted by Gasteiger charge is -2.10. The highest BCUT2D eigenvalue weighted by atomic mass is 127. The molecule has 2 nitrogen and oxygen atoms in total. The Kier molecular flexibility index (Phi) is 5.20. The van der Waals surface area contributed by atoms with Crippen molar-refractivity contribution in [3.05, 3.63) is 43.2 Å². The zero-order chi connectivity index (χ0) is 14.0. The van der Waals surface area contributed by atoms with Crippen LogP contribution in [0.4, 0.5) is 0 Å². The highest BCUT2D eigenvalue weighted by Crippen LogP contribution is 2.28. The first-order valence-electron chi connectivity index (χ1n) is 5.95. The quantitative estimate of drug-likeness (QED) is 0.464. The molecule has 1 aromatic carbocycles. The molecule has 0 N–H and O–H groups in total. The molecule has 19 heavy (non-hydrogen) atoms. The van der Waals surface area contributed by atoms with Crippen LogP contribution in [-0.4, -0.2) is 9.97 Å². The Bertz CT molecular complexity index is 585. The maximum atomic E-state index is 6.18. The van der Waals surface area contributed by atoms with Crippen LogP contribution >= 0.6 is 50.1 Å². The van der Waals surface area contributed by atoms with Crippen molar-refractivity contribution in [1.29, 1.82) is 0 Å². The van der Waals surface area contributed by atoms with E-state index < -0.39 is 0 Å². The Labute approximate surface area is 140 Å². The second kappa shape index (κ2) is 6.50. The zero-order valence-corrected chi connectivity index (χ0v) is 15.1. The van der Waals surface area contributed by atoms with Crippen LogP contribution in [0.25, 0.3) is 11.4 Å². The van der Waals surface area contributed by atoms with Crippen LogP contribution in [0.2, 0.25) is 5.15 Å². The van der Waals surface area contributed by atoms with Crippen LogP contribution in [0.15, 0.2) is 28.7 Å². The van der Waals surface area contributed by atoms with E-state index >= 15 is 0 Å². The van der Waals surface area contributed by atoms with Gasteiger partial charge in [-0.2, -0.15) is 0 Å². The maximum Gasteiger partial charge on any atom is 0.161 e. The van der Waals surface area contributed by atoms with Gasteiger partial charge < -0.3 is 0 Å². The fourth-order valence-corrected chi connectivity index (χ4v) is 2.60. The average molecular weight is 452 g/mol. The first-order chi connectivity index (χ1) is 8.97. The van der Waals surface area contributed by atoms with Gasteiger partial charge in [0.2, 0.25) is 0 Å². The largest absolute Gasteiger partial charge is 0.232 e. The van der Waals surface area contributed by atoms with Gasteiger partial charge in [0.15, 0.2) is 5.82 Å². The van der Waals surface area contributed by atoms with Gasteiger partial charge in [-0.1, -0.05) is 37.6 Å². The van der Waals surface area contributed by atoms with E-state index in [0.29, 0.717) is 16.9 Å². The van der Waals surface area contributed by atoms with Crippen molar-refractivity contribution in [1.82, 2.24) is 9.97 Å². The van der Waals surface area contributed by atoms with Crippen LogP contribution in [0.5, 0.6) is 0 Å². The summed E-state index contributed by atoms with van der Waals surface area (Å²) in [5.74, 6) is 1.20. The minimum absolute atomic E-state index is 0.471. The standard InChI is InChI=1S/C14H13BrClIN2/c1-8(2)7-11-12(15)13(16)19-14(18-11)9-3-5-10(17)6-4-9/h3-6,8H,7H2,1-2H3. The first-order valence-corrected chi connectivity index (χ1v) is 8.20. The van der Waals surface area contributed by atoms with Gasteiger partial charge in [-0.25, -0.2) is 9.97 Å². The fraction of sp³-hybridized carbons (Fsp3) is 0.286. The lowest BCUT2D eigenvalue weighted by atomic mass is 10.1. The van der Waals surface area contributed by atoms with Crippen molar-refractivity contribution in [2.24, 2.45) is 5.92 Å². The molecule has 2 aromatic rings. The highest BCUT2D eigenvalue weighted by molar-refractivity contribution is 14.1. The van der Waals surface area contributed by atoms with Crippen molar-refractivity contribution in [3.8, 4) is 11.4 Å². The normalized spacial score (nSPS) is 11.1. The van der Waals surface area contributed by atoms with Crippen LogP contribution in [0.3, 0.4) is 0 Å². The summed E-state index contributed by atoms with van der Waals surface area (Å²) in [4.78, 5) is 8.97. The van der Waals surface area contributed by atoms with E-state index in [2.05, 4.69) is 62.3 Å². The molecule has 0 radical (unpaired) electrons. The number of nitrogens with zero attached hydrogens (tertiary/aromatic N) is 2. The Morgan fingerprint density at radius 2 is 1.84 bits per heavy atom. The van der Waals surface area contributed by atoms with E-state index in [9.17, 15) is 0 Å². The maximum absolute atomic E-state index is 6.18. The lowest BCUT2D eigenvalue weighted by Crippen LogP contribution is -2.02. The number of benzene rings is 1. The highest BCUT2D eigenvalue weighted by Gasteiger charge is 2.13. The van der Waals surface area contributed by atoms with Crippen molar-refractivity contribution in [2.75, 3.05) is 0 Å². The first kappa shape index (κ1) is 15.2. The molecular formula is C14H13BrClIN2. The third-order valence-corrected chi connectivity index (χ3v) is 4.64. The third kappa shape index (κ3) is 3.89. The molecule has 0 saturated carbocycles. The predicted octanol–water partition coefficient (Wildman–Crippen LogP) is 5.36.